The van der Waals surface area contributed by atoms with Gasteiger partial charge in [-0.25, -0.2) is 0 Å². The summed E-state index contributed by atoms with van der Waals surface area (Å²) in [6.45, 7) is 6.29. The van der Waals surface area contributed by atoms with E-state index >= 15 is 0 Å². The molecule has 0 aliphatic carbocycles. The molecule has 91 heavy (non-hydrogen) atoms. The van der Waals surface area contributed by atoms with E-state index in [1.807, 2.05) is 0 Å². The summed E-state index contributed by atoms with van der Waals surface area (Å²) < 4.78 is 8.31. The average Bonchev–Trinajstić information content (AvgIpc) is 0.664. The van der Waals surface area contributed by atoms with Crippen molar-refractivity contribution >= 4 is 178 Å². The van der Waals surface area contributed by atoms with Gasteiger partial charge in [0.05, 0.1) is 11.4 Å². The van der Waals surface area contributed by atoms with E-state index in [9.17, 15) is 0 Å². The van der Waals surface area contributed by atoms with E-state index in [4.69, 9.17) is 4.74 Å². The van der Waals surface area contributed by atoms with Gasteiger partial charge < -0.3 is 29.2 Å². The van der Waals surface area contributed by atoms with E-state index < -0.39 is 0 Å². The molecule has 0 saturated carbocycles. The second-order valence-electron chi connectivity index (χ2n) is 25.6. The summed E-state index contributed by atoms with van der Waals surface area (Å²) >= 11 is 0. The molecular formula is C81H55B4N5O. The van der Waals surface area contributed by atoms with Crippen LogP contribution in [0.2, 0.25) is 0 Å². The molecule has 7 aliphatic rings. The quantitative estimate of drug-likeness (QED) is 0.154. The van der Waals surface area contributed by atoms with Crippen LogP contribution in [0.1, 0.15) is 16.7 Å². The highest BCUT2D eigenvalue weighted by molar-refractivity contribution is 7.08. The molecule has 0 atom stereocenters. The fraction of sp³-hybridized carbons (Fsp3) is 0.0370. The second kappa shape index (κ2) is 19.0. The zero-order valence-corrected chi connectivity index (χ0v) is 50.5. The Morgan fingerprint density at radius 2 is 0.681 bits per heavy atom. The predicted molar refractivity (Wildman–Crippen MR) is 386 cm³/mol. The molecule has 422 valence electrons. The van der Waals surface area contributed by atoms with Crippen LogP contribution < -0.4 is 94.8 Å². The number of para-hydroxylation sites is 8. The van der Waals surface area contributed by atoms with Crippen LogP contribution in [0.3, 0.4) is 0 Å². The minimum absolute atomic E-state index is 0.0353. The first-order valence-electron chi connectivity index (χ1n) is 32.0. The third-order valence-corrected chi connectivity index (χ3v) is 20.7. The third-order valence-electron chi connectivity index (χ3n) is 20.7. The van der Waals surface area contributed by atoms with Gasteiger partial charge in [0, 0.05) is 80.0 Å². The number of aryl methyl sites for hydroxylation is 3. The summed E-state index contributed by atoms with van der Waals surface area (Å²) in [6, 6.07) is 105. The molecule has 6 nitrogen and oxygen atoms in total. The zero-order valence-electron chi connectivity index (χ0n) is 50.5. The van der Waals surface area contributed by atoms with Crippen molar-refractivity contribution in [3.05, 3.63) is 296 Å². The van der Waals surface area contributed by atoms with Crippen molar-refractivity contribution in [3.63, 3.8) is 0 Å². The normalized spacial score (nSPS) is 14.0. The minimum Gasteiger partial charge on any atom is -0.459 e. The molecule has 7 heterocycles. The van der Waals surface area contributed by atoms with Crippen molar-refractivity contribution in [2.24, 2.45) is 0 Å². The molecule has 0 saturated heterocycles. The van der Waals surface area contributed by atoms with Crippen LogP contribution in [-0.4, -0.2) is 26.9 Å². The Bertz CT molecular complexity index is 5190. The topological polar surface area (TPSA) is 25.4 Å². The predicted octanol–water partition coefficient (Wildman–Crippen LogP) is 12.0. The Morgan fingerprint density at radius 3 is 1.20 bits per heavy atom. The summed E-state index contributed by atoms with van der Waals surface area (Å²) in [5, 5.41) is 0. The number of anilines is 15. The summed E-state index contributed by atoms with van der Waals surface area (Å²) in [6.07, 6.45) is 0. The number of nitrogens with zero attached hydrogens (tertiary/aromatic N) is 5. The molecular weight excluding hydrogens is 1100 g/mol. The Morgan fingerprint density at radius 1 is 0.286 bits per heavy atom. The van der Waals surface area contributed by atoms with Gasteiger partial charge in [-0.1, -0.05) is 205 Å². The Kier molecular flexibility index (Phi) is 10.6. The van der Waals surface area contributed by atoms with E-state index in [0.29, 0.717) is 0 Å². The molecule has 0 N–H and O–H groups in total. The lowest BCUT2D eigenvalue weighted by molar-refractivity contribution is 0.491. The van der Waals surface area contributed by atoms with Crippen LogP contribution in [-0.2, 0) is 0 Å². The lowest BCUT2D eigenvalue weighted by Crippen LogP contribution is -2.72. The summed E-state index contributed by atoms with van der Waals surface area (Å²) in [5.41, 5.74) is 36.2. The van der Waals surface area contributed by atoms with Crippen LogP contribution in [0.25, 0.3) is 0 Å². The fourth-order valence-electron chi connectivity index (χ4n) is 17.5. The molecule has 0 unspecified atom stereocenters. The van der Waals surface area contributed by atoms with Crippen LogP contribution >= 0.6 is 0 Å². The smallest absolute Gasteiger partial charge is 0.256 e. The molecule has 0 amide bonds. The largest absolute Gasteiger partial charge is 0.459 e. The summed E-state index contributed by atoms with van der Waals surface area (Å²) in [5.74, 6) is 1.83. The van der Waals surface area contributed by atoms with Crippen LogP contribution in [0.5, 0.6) is 11.5 Å². The van der Waals surface area contributed by atoms with Gasteiger partial charge in [0.15, 0.2) is 0 Å². The molecule has 13 aromatic carbocycles. The zero-order chi connectivity index (χ0) is 59.9. The van der Waals surface area contributed by atoms with Crippen molar-refractivity contribution in [2.45, 2.75) is 20.8 Å². The molecule has 0 fully saturated rings. The first-order valence-corrected chi connectivity index (χ1v) is 32.0. The summed E-state index contributed by atoms with van der Waals surface area (Å²) in [7, 11) is 0. The fourth-order valence-corrected chi connectivity index (χ4v) is 17.5. The summed E-state index contributed by atoms with van der Waals surface area (Å²) in [4.78, 5) is 12.8. The second-order valence-corrected chi connectivity index (χ2v) is 25.6. The number of ether oxygens (including phenoxy) is 1. The third kappa shape index (κ3) is 6.91. The Hall–Kier alpha value is -11.1. The van der Waals surface area contributed by atoms with E-state index in [-0.39, 0.29) is 26.9 Å². The van der Waals surface area contributed by atoms with E-state index in [1.54, 1.807) is 0 Å². The molecule has 13 aromatic rings. The van der Waals surface area contributed by atoms with Crippen LogP contribution in [0, 0.1) is 20.8 Å². The maximum absolute atomic E-state index is 8.31. The lowest BCUT2D eigenvalue weighted by Gasteiger charge is -2.52. The number of rotatable bonds is 6. The number of hydrogen-bond acceptors (Lipinski definition) is 6. The highest BCUT2D eigenvalue weighted by Crippen LogP contribution is 2.53. The van der Waals surface area contributed by atoms with Crippen molar-refractivity contribution in [1.29, 1.82) is 0 Å². The lowest BCUT2D eigenvalue weighted by atomic mass is 9.25. The Balaban J connectivity index is 0.924. The molecule has 0 bridgehead atoms. The molecule has 0 aromatic heterocycles. The standard InChI is InChI=1S/C81H55B4N5O/c1-50-44-51(2)78(52(3)45-50)90-70-49-73-64(48-63(70)84-59-35-17-21-39-65(59)87(56-32-14-7-15-33-56)71-46-57(47-72(90)74(71)84)86(54-28-10-5-11-29-54)55-30-12-6-13-31-55)85-62-38-20-25-43-69(62)89-68-42-24-19-37-61(68)83-60-36-18-23-41-67(60)88-66-40-22-16-34-58(66)82(53-26-8-4-9-27-53)76-79(88)75(83)80(89)77(85)81(76)91-73/h4-49H,1-3H3. The van der Waals surface area contributed by atoms with Crippen LogP contribution in [0.15, 0.2) is 279 Å². The van der Waals surface area contributed by atoms with Crippen LogP contribution in [0.4, 0.5) is 85.3 Å². The molecule has 0 spiro atoms. The van der Waals surface area contributed by atoms with Gasteiger partial charge in [-0.3, -0.25) is 0 Å². The molecule has 0 radical (unpaired) electrons. The maximum Gasteiger partial charge on any atom is 0.256 e. The highest BCUT2D eigenvalue weighted by atomic mass is 16.5. The first-order chi connectivity index (χ1) is 45.0. The monoisotopic (exact) mass is 1160 g/mol. The van der Waals surface area contributed by atoms with Crippen molar-refractivity contribution < 1.29 is 4.74 Å². The van der Waals surface area contributed by atoms with Crippen molar-refractivity contribution in [2.75, 3.05) is 24.5 Å². The highest BCUT2D eigenvalue weighted by Gasteiger charge is 2.56. The van der Waals surface area contributed by atoms with Crippen molar-refractivity contribution in [1.82, 2.24) is 0 Å². The van der Waals surface area contributed by atoms with E-state index in [0.717, 1.165) is 57.0 Å². The molecule has 7 aliphatic heterocycles. The number of benzene rings is 13. The molecule has 10 heteroatoms. The van der Waals surface area contributed by atoms with E-state index in [1.165, 1.54) is 122 Å². The first kappa shape index (κ1) is 50.9. The van der Waals surface area contributed by atoms with Gasteiger partial charge >= 0.3 is 0 Å². The van der Waals surface area contributed by atoms with E-state index in [2.05, 4.69) is 324 Å². The van der Waals surface area contributed by atoms with Gasteiger partial charge in [0.2, 0.25) is 0 Å². The van der Waals surface area contributed by atoms with Gasteiger partial charge in [-0.15, -0.1) is 0 Å². The average molecular weight is 1160 g/mol. The number of hydrogen-bond donors (Lipinski definition) is 0. The maximum atomic E-state index is 8.31. The van der Waals surface area contributed by atoms with Crippen molar-refractivity contribution in [3.8, 4) is 11.5 Å². The molecule has 20 rings (SSSR count). The SMILES string of the molecule is Cc1cc(C)c(N2c3cc4c(cc3B3c5ccccc5N(c5ccccc5)c5cc(N(c6ccccc6)c6ccccc6)cc2c53)B2c3ccccc3N3c5ccccc5B5c6ccccc6N6c7ccccc7B(c7ccccc7)c7c(c2c3c5c76)O4)c(C)c1. The Labute approximate surface area is 531 Å². The minimum atomic E-state index is -0.192. The van der Waals surface area contributed by atoms with Gasteiger partial charge in [0.1, 0.15) is 11.5 Å². The van der Waals surface area contributed by atoms with Gasteiger partial charge in [0.25, 0.3) is 26.9 Å². The number of fused-ring (bicyclic) bond motifs is 18. The van der Waals surface area contributed by atoms with Gasteiger partial charge in [-0.05, 0) is 171 Å². The van der Waals surface area contributed by atoms with Gasteiger partial charge in [-0.2, -0.15) is 0 Å².